The number of benzene rings is 1. The molecule has 2 heterocycles. The van der Waals surface area contributed by atoms with Gasteiger partial charge in [-0.1, -0.05) is 25.3 Å². The Bertz CT molecular complexity index is 1080. The molecule has 4 rings (SSSR count). The smallest absolute Gasteiger partial charge is 0.339 e. The summed E-state index contributed by atoms with van der Waals surface area (Å²) in [7, 11) is 0. The normalized spacial score (nSPS) is 15.1. The van der Waals surface area contributed by atoms with E-state index >= 15 is 0 Å². The molecule has 1 aliphatic rings. The highest BCUT2D eigenvalue weighted by atomic mass is 32.1. The molecule has 0 radical (unpaired) electrons. The van der Waals surface area contributed by atoms with Gasteiger partial charge >= 0.3 is 5.97 Å². The van der Waals surface area contributed by atoms with Gasteiger partial charge in [-0.3, -0.25) is 9.69 Å². The Morgan fingerprint density at radius 2 is 2.03 bits per heavy atom. The molecule has 1 atom stereocenters. The third-order valence-corrected chi connectivity index (χ3v) is 7.15. The minimum atomic E-state index is -0.925. The van der Waals surface area contributed by atoms with Gasteiger partial charge in [-0.15, -0.1) is 22.7 Å². The number of rotatable bonds is 8. The second-order valence-electron chi connectivity index (χ2n) is 8.04. The molecule has 0 spiro atoms. The highest BCUT2D eigenvalue weighted by Crippen LogP contribution is 2.30. The summed E-state index contributed by atoms with van der Waals surface area (Å²) in [6, 6.07) is 6.87. The molecule has 0 N–H and O–H groups in total. The molecular formula is C24H27N3O4S2. The summed E-state index contributed by atoms with van der Waals surface area (Å²) in [5.41, 5.74) is 1.18. The van der Waals surface area contributed by atoms with E-state index < -0.39 is 12.1 Å². The van der Waals surface area contributed by atoms with E-state index in [1.165, 1.54) is 17.8 Å². The first-order valence-corrected chi connectivity index (χ1v) is 12.8. The van der Waals surface area contributed by atoms with E-state index in [0.29, 0.717) is 23.1 Å². The van der Waals surface area contributed by atoms with Crippen LogP contribution in [0.15, 0.2) is 41.2 Å². The Labute approximate surface area is 201 Å². The standard InChI is InChI=1S/C24H27N3O4S2/c1-16(22(28)27(24-25-11-12-32-24)20-8-4-3-5-9-20)31-23(29)18-7-6-10-21(13-18)30-14-19-15-33-17(2)26-19/h6-7,10-13,15-16,20H,3-5,8-9,14H2,1-2H3. The third kappa shape index (κ3) is 5.97. The van der Waals surface area contributed by atoms with Crippen LogP contribution in [0.4, 0.5) is 5.13 Å². The predicted molar refractivity (Wildman–Crippen MR) is 129 cm³/mol. The van der Waals surface area contributed by atoms with Gasteiger partial charge < -0.3 is 9.47 Å². The van der Waals surface area contributed by atoms with E-state index in [0.717, 1.165) is 36.4 Å². The average molecular weight is 486 g/mol. The topological polar surface area (TPSA) is 81.6 Å². The Morgan fingerprint density at radius 3 is 2.73 bits per heavy atom. The van der Waals surface area contributed by atoms with Crippen molar-refractivity contribution in [1.29, 1.82) is 0 Å². The zero-order valence-corrected chi connectivity index (χ0v) is 20.4. The third-order valence-electron chi connectivity index (χ3n) is 5.56. The number of carbonyl (C=O) groups excluding carboxylic acids is 2. The zero-order chi connectivity index (χ0) is 23.2. The van der Waals surface area contributed by atoms with Crippen molar-refractivity contribution in [2.45, 2.75) is 64.7 Å². The van der Waals surface area contributed by atoms with Crippen LogP contribution in [0.25, 0.3) is 0 Å². The van der Waals surface area contributed by atoms with E-state index in [9.17, 15) is 9.59 Å². The van der Waals surface area contributed by atoms with Crippen molar-refractivity contribution in [2.24, 2.45) is 0 Å². The monoisotopic (exact) mass is 485 g/mol. The molecule has 1 saturated carbocycles. The van der Waals surface area contributed by atoms with Gasteiger partial charge in [-0.25, -0.2) is 14.8 Å². The Balaban J connectivity index is 1.41. The van der Waals surface area contributed by atoms with Crippen LogP contribution in [0.1, 0.15) is 60.1 Å². The first kappa shape index (κ1) is 23.4. The van der Waals surface area contributed by atoms with Crippen LogP contribution in [-0.2, 0) is 16.1 Å². The van der Waals surface area contributed by atoms with Crippen LogP contribution < -0.4 is 9.64 Å². The van der Waals surface area contributed by atoms with Crippen molar-refractivity contribution in [3.63, 3.8) is 0 Å². The number of anilines is 1. The van der Waals surface area contributed by atoms with Crippen molar-refractivity contribution >= 4 is 39.7 Å². The van der Waals surface area contributed by atoms with Crippen LogP contribution in [0.3, 0.4) is 0 Å². The van der Waals surface area contributed by atoms with E-state index in [-0.39, 0.29) is 11.9 Å². The van der Waals surface area contributed by atoms with Crippen LogP contribution >= 0.6 is 22.7 Å². The fourth-order valence-corrected chi connectivity index (χ4v) is 5.24. The minimum absolute atomic E-state index is 0.0876. The van der Waals surface area contributed by atoms with Gasteiger partial charge in [0.1, 0.15) is 12.4 Å². The van der Waals surface area contributed by atoms with Crippen LogP contribution in [0, 0.1) is 6.92 Å². The lowest BCUT2D eigenvalue weighted by Crippen LogP contribution is -2.47. The number of amides is 1. The van der Waals surface area contributed by atoms with Gasteiger partial charge in [-0.2, -0.15) is 0 Å². The van der Waals surface area contributed by atoms with Gasteiger partial charge in [0.2, 0.25) is 0 Å². The lowest BCUT2D eigenvalue weighted by molar-refractivity contribution is -0.127. The highest BCUT2D eigenvalue weighted by molar-refractivity contribution is 7.13. The fourth-order valence-electron chi connectivity index (χ4n) is 3.92. The van der Waals surface area contributed by atoms with Crippen molar-refractivity contribution in [1.82, 2.24) is 9.97 Å². The number of nitrogens with zero attached hydrogens (tertiary/aromatic N) is 3. The number of carbonyl (C=O) groups is 2. The summed E-state index contributed by atoms with van der Waals surface area (Å²) in [4.78, 5) is 36.6. The van der Waals surface area contributed by atoms with Gasteiger partial charge in [0.05, 0.1) is 16.3 Å². The second-order valence-corrected chi connectivity index (χ2v) is 9.97. The summed E-state index contributed by atoms with van der Waals surface area (Å²) in [6.45, 7) is 3.88. The SMILES string of the molecule is Cc1nc(COc2cccc(C(=O)OC(C)C(=O)N(c3nccs3)C3CCCCC3)c2)cs1. The molecule has 7 nitrogen and oxygen atoms in total. The van der Waals surface area contributed by atoms with Crippen LogP contribution in [0.5, 0.6) is 5.75 Å². The number of esters is 1. The number of ether oxygens (including phenoxy) is 2. The second kappa shape index (κ2) is 10.9. The number of aromatic nitrogens is 2. The summed E-state index contributed by atoms with van der Waals surface area (Å²) < 4.78 is 11.3. The van der Waals surface area contributed by atoms with E-state index in [1.807, 2.05) is 17.7 Å². The maximum atomic E-state index is 13.3. The summed E-state index contributed by atoms with van der Waals surface area (Å²) in [6.07, 6.45) is 5.99. The first-order valence-electron chi connectivity index (χ1n) is 11.1. The van der Waals surface area contributed by atoms with Crippen molar-refractivity contribution in [3.8, 4) is 5.75 Å². The van der Waals surface area contributed by atoms with Gasteiger partial charge in [0.25, 0.3) is 5.91 Å². The van der Waals surface area contributed by atoms with Gasteiger partial charge in [0, 0.05) is 23.0 Å². The van der Waals surface area contributed by atoms with Crippen molar-refractivity contribution in [3.05, 3.63) is 57.5 Å². The molecule has 1 aliphatic carbocycles. The van der Waals surface area contributed by atoms with Gasteiger partial charge in [-0.05, 0) is 44.9 Å². The molecule has 0 saturated heterocycles. The minimum Gasteiger partial charge on any atom is -0.487 e. The number of hydrogen-bond acceptors (Lipinski definition) is 8. The molecule has 1 aromatic carbocycles. The molecular weight excluding hydrogens is 458 g/mol. The molecule has 2 aromatic heterocycles. The van der Waals surface area contributed by atoms with Crippen molar-refractivity contribution < 1.29 is 19.1 Å². The fraction of sp³-hybridized carbons (Fsp3) is 0.417. The molecule has 0 aliphatic heterocycles. The lowest BCUT2D eigenvalue weighted by atomic mass is 9.94. The molecule has 174 valence electrons. The Kier molecular flexibility index (Phi) is 7.72. The lowest BCUT2D eigenvalue weighted by Gasteiger charge is -2.33. The predicted octanol–water partition coefficient (Wildman–Crippen LogP) is 5.40. The summed E-state index contributed by atoms with van der Waals surface area (Å²) >= 11 is 2.99. The summed E-state index contributed by atoms with van der Waals surface area (Å²) in [5.74, 6) is -0.259. The highest BCUT2D eigenvalue weighted by Gasteiger charge is 2.33. The quantitative estimate of drug-likeness (QED) is 0.398. The molecule has 9 heteroatoms. The maximum absolute atomic E-state index is 13.3. The summed E-state index contributed by atoms with van der Waals surface area (Å²) in [5, 5.41) is 5.43. The van der Waals surface area contributed by atoms with E-state index in [2.05, 4.69) is 9.97 Å². The average Bonchev–Trinajstić information content (AvgIpc) is 3.50. The van der Waals surface area contributed by atoms with Crippen molar-refractivity contribution in [2.75, 3.05) is 4.90 Å². The molecule has 1 amide bonds. The Hall–Kier alpha value is -2.78. The molecule has 3 aromatic rings. The van der Waals surface area contributed by atoms with E-state index in [4.69, 9.17) is 9.47 Å². The van der Waals surface area contributed by atoms with Crippen LogP contribution in [-0.4, -0.2) is 34.0 Å². The molecule has 33 heavy (non-hydrogen) atoms. The van der Waals surface area contributed by atoms with E-state index in [1.54, 1.807) is 53.6 Å². The molecule has 1 unspecified atom stereocenters. The van der Waals surface area contributed by atoms with Gasteiger partial charge in [0.15, 0.2) is 11.2 Å². The zero-order valence-electron chi connectivity index (χ0n) is 18.7. The number of hydrogen-bond donors (Lipinski definition) is 0. The number of thiazole rings is 2. The molecule has 0 bridgehead atoms. The molecule has 1 fully saturated rings. The maximum Gasteiger partial charge on any atom is 0.339 e. The Morgan fingerprint density at radius 1 is 1.21 bits per heavy atom. The number of aryl methyl sites for hydroxylation is 1. The largest absolute Gasteiger partial charge is 0.487 e. The van der Waals surface area contributed by atoms with Crippen LogP contribution in [0.2, 0.25) is 0 Å². The first-order chi connectivity index (χ1) is 16.0.